The predicted octanol–water partition coefficient (Wildman–Crippen LogP) is 4.38. The molecule has 2 aliphatic rings. The fourth-order valence-corrected chi connectivity index (χ4v) is 5.55. The van der Waals surface area contributed by atoms with Crippen molar-refractivity contribution in [2.75, 3.05) is 30.6 Å². The molecule has 4 rings (SSSR count). The van der Waals surface area contributed by atoms with E-state index in [4.69, 9.17) is 9.47 Å². The average molecular weight is 496 g/mol. The van der Waals surface area contributed by atoms with E-state index in [0.717, 1.165) is 11.1 Å². The lowest BCUT2D eigenvalue weighted by atomic mass is 9.93. The Labute approximate surface area is 206 Å². The molecular weight excluding hydrogens is 466 g/mol. The van der Waals surface area contributed by atoms with E-state index in [0.29, 0.717) is 59.8 Å². The monoisotopic (exact) mass is 495 g/mol. The fraction of sp³-hybridized carbons (Fsp3) is 0.269. The number of nitrogens with one attached hydrogen (secondary N) is 3. The maximum atomic E-state index is 12.9. The van der Waals surface area contributed by atoms with Crippen LogP contribution in [0.4, 0.5) is 11.4 Å². The summed E-state index contributed by atoms with van der Waals surface area (Å²) >= 11 is 0. The van der Waals surface area contributed by atoms with Gasteiger partial charge < -0.3 is 25.1 Å². The summed E-state index contributed by atoms with van der Waals surface area (Å²) in [6.45, 7) is 0. The number of esters is 1. The summed E-state index contributed by atoms with van der Waals surface area (Å²) in [6, 6.07) is 5.44. The van der Waals surface area contributed by atoms with Crippen LogP contribution in [-0.4, -0.2) is 42.7 Å². The number of anilines is 2. The molecule has 1 aromatic heterocycles. The van der Waals surface area contributed by atoms with Crippen molar-refractivity contribution >= 4 is 51.7 Å². The second-order valence-electron chi connectivity index (χ2n) is 8.17. The van der Waals surface area contributed by atoms with E-state index < -0.39 is 10.9 Å². The summed E-state index contributed by atoms with van der Waals surface area (Å²) in [4.78, 5) is 40.4. The third-order valence-corrected chi connectivity index (χ3v) is 7.64. The largest absolute Gasteiger partial charge is 0.495 e. The number of aromatic nitrogens is 1. The van der Waals surface area contributed by atoms with E-state index in [2.05, 4.69) is 26.4 Å². The van der Waals surface area contributed by atoms with E-state index in [1.54, 1.807) is 25.4 Å². The normalized spacial score (nSPS) is 15.9. The molecule has 2 amide bonds. The molecule has 0 spiro atoms. The molecule has 3 heterocycles. The van der Waals surface area contributed by atoms with Crippen LogP contribution < -0.4 is 15.4 Å². The van der Waals surface area contributed by atoms with Crippen molar-refractivity contribution in [2.45, 2.75) is 25.7 Å². The molecule has 0 atom stereocenters. The minimum absolute atomic E-state index is 0.0723. The van der Waals surface area contributed by atoms with Crippen molar-refractivity contribution < 1.29 is 23.9 Å². The molecule has 2 aromatic rings. The van der Waals surface area contributed by atoms with E-state index in [9.17, 15) is 14.4 Å². The van der Waals surface area contributed by atoms with Gasteiger partial charge in [0, 0.05) is 29.6 Å². The standard InChI is InChI=1S/C26H29N3O5S/c1-33-22-11-12-27-21(22)15-18-25-17(7-3-4-8-24(31)34-2)19(9-10-20(25)29-26(18)32)28-23(30)16-35-13-5-6-14-35/h5-6,9-15,27,35H,3-4,7-8,16H2,1-2H3,(H,28,30)(H,29,32)/b18-15-. The summed E-state index contributed by atoms with van der Waals surface area (Å²) in [7, 11) is 2.36. The predicted molar refractivity (Wildman–Crippen MR) is 141 cm³/mol. The number of H-pyrrole nitrogens is 1. The lowest BCUT2D eigenvalue weighted by molar-refractivity contribution is -0.140. The number of aromatic amines is 1. The van der Waals surface area contributed by atoms with Gasteiger partial charge in [0.25, 0.3) is 5.91 Å². The van der Waals surface area contributed by atoms with Crippen LogP contribution in [-0.2, 0) is 25.5 Å². The van der Waals surface area contributed by atoms with Gasteiger partial charge in [0.2, 0.25) is 5.91 Å². The van der Waals surface area contributed by atoms with Crippen molar-refractivity contribution in [1.82, 2.24) is 4.98 Å². The first-order valence-corrected chi connectivity index (χ1v) is 13.0. The molecule has 35 heavy (non-hydrogen) atoms. The van der Waals surface area contributed by atoms with E-state index in [-0.39, 0.29) is 17.8 Å². The Kier molecular flexibility index (Phi) is 7.77. The number of ether oxygens (including phenoxy) is 2. The highest BCUT2D eigenvalue weighted by molar-refractivity contribution is 8.22. The van der Waals surface area contributed by atoms with Gasteiger partial charge in [0.1, 0.15) is 5.75 Å². The lowest BCUT2D eigenvalue weighted by Gasteiger charge is -2.17. The van der Waals surface area contributed by atoms with Gasteiger partial charge in [-0.3, -0.25) is 14.4 Å². The van der Waals surface area contributed by atoms with Crippen molar-refractivity contribution in [3.63, 3.8) is 0 Å². The molecule has 0 fully saturated rings. The number of fused-ring (bicyclic) bond motifs is 1. The van der Waals surface area contributed by atoms with Crippen LogP contribution >= 0.6 is 10.9 Å². The number of methoxy groups -OCH3 is 2. The number of allylic oxidation sites excluding steroid dienone is 2. The highest BCUT2D eigenvalue weighted by atomic mass is 32.2. The number of hydrogen-bond acceptors (Lipinski definition) is 5. The molecule has 2 aliphatic heterocycles. The van der Waals surface area contributed by atoms with Crippen LogP contribution in [0.5, 0.6) is 5.75 Å². The Morgan fingerprint density at radius 1 is 1.11 bits per heavy atom. The van der Waals surface area contributed by atoms with Gasteiger partial charge in [-0.25, -0.2) is 10.9 Å². The molecule has 0 bridgehead atoms. The van der Waals surface area contributed by atoms with Gasteiger partial charge in [0.15, 0.2) is 0 Å². The Morgan fingerprint density at radius 3 is 2.66 bits per heavy atom. The topological polar surface area (TPSA) is 110 Å². The molecule has 184 valence electrons. The first kappa shape index (κ1) is 24.4. The fourth-order valence-electron chi connectivity index (χ4n) is 4.18. The van der Waals surface area contributed by atoms with Gasteiger partial charge in [-0.05, 0) is 59.9 Å². The number of unbranched alkanes of at least 4 members (excludes halogenated alkanes) is 1. The van der Waals surface area contributed by atoms with Crippen molar-refractivity contribution in [2.24, 2.45) is 0 Å². The number of carbonyl (C=O) groups excluding carboxylic acids is 3. The maximum Gasteiger partial charge on any atom is 0.305 e. The van der Waals surface area contributed by atoms with Crippen LogP contribution in [0.2, 0.25) is 0 Å². The van der Waals surface area contributed by atoms with Gasteiger partial charge in [-0.2, -0.15) is 0 Å². The van der Waals surface area contributed by atoms with E-state index in [1.165, 1.54) is 7.11 Å². The summed E-state index contributed by atoms with van der Waals surface area (Å²) in [5, 5.41) is 10.1. The molecule has 0 aliphatic carbocycles. The van der Waals surface area contributed by atoms with Crippen LogP contribution in [0.3, 0.4) is 0 Å². The summed E-state index contributed by atoms with van der Waals surface area (Å²) in [5.74, 6) is 0.481. The number of carbonyl (C=O) groups is 3. The zero-order valence-electron chi connectivity index (χ0n) is 19.7. The summed E-state index contributed by atoms with van der Waals surface area (Å²) in [5.41, 5.74) is 4.16. The Hall–Kier alpha value is -3.72. The zero-order valence-corrected chi connectivity index (χ0v) is 20.6. The molecule has 0 unspecified atom stereocenters. The molecule has 0 saturated carbocycles. The van der Waals surface area contributed by atoms with Crippen molar-refractivity contribution in [1.29, 1.82) is 0 Å². The summed E-state index contributed by atoms with van der Waals surface area (Å²) < 4.78 is 10.1. The molecule has 0 radical (unpaired) electrons. The highest BCUT2D eigenvalue weighted by Crippen LogP contribution is 2.41. The third kappa shape index (κ3) is 5.68. The number of rotatable bonds is 10. The first-order chi connectivity index (χ1) is 17.0. The van der Waals surface area contributed by atoms with Crippen LogP contribution in [0, 0.1) is 0 Å². The average Bonchev–Trinajstić information content (AvgIpc) is 3.59. The molecule has 9 heteroatoms. The van der Waals surface area contributed by atoms with Crippen LogP contribution in [0.1, 0.15) is 36.1 Å². The van der Waals surface area contributed by atoms with Crippen LogP contribution in [0.25, 0.3) is 11.6 Å². The minimum atomic E-state index is -0.589. The quantitative estimate of drug-likeness (QED) is 0.169. The maximum absolute atomic E-state index is 12.9. The van der Waals surface area contributed by atoms with Crippen LogP contribution in [0.15, 0.2) is 47.4 Å². The second kappa shape index (κ2) is 11.1. The number of amides is 2. The molecular formula is C26H29N3O5S. The van der Waals surface area contributed by atoms with Gasteiger partial charge in [-0.1, -0.05) is 12.2 Å². The number of benzene rings is 1. The second-order valence-corrected chi connectivity index (χ2v) is 10.1. The van der Waals surface area contributed by atoms with Crippen molar-refractivity contribution in [3.05, 3.63) is 64.2 Å². The van der Waals surface area contributed by atoms with E-state index >= 15 is 0 Å². The molecule has 8 nitrogen and oxygen atoms in total. The Balaban J connectivity index is 1.66. The minimum Gasteiger partial charge on any atom is -0.495 e. The summed E-state index contributed by atoms with van der Waals surface area (Å²) in [6.07, 6.45) is 9.66. The van der Waals surface area contributed by atoms with Gasteiger partial charge >= 0.3 is 5.97 Å². The Morgan fingerprint density at radius 2 is 1.91 bits per heavy atom. The van der Waals surface area contributed by atoms with E-state index in [1.807, 2.05) is 24.3 Å². The zero-order chi connectivity index (χ0) is 24.8. The molecule has 1 aromatic carbocycles. The molecule has 0 saturated heterocycles. The van der Waals surface area contributed by atoms with Gasteiger partial charge in [0.05, 0.1) is 31.2 Å². The third-order valence-electron chi connectivity index (χ3n) is 5.87. The smallest absolute Gasteiger partial charge is 0.305 e. The number of thiol groups is 1. The molecule has 3 N–H and O–H groups in total. The number of hydrogen-bond donors (Lipinski definition) is 4. The first-order valence-electron chi connectivity index (χ1n) is 11.4. The highest BCUT2D eigenvalue weighted by Gasteiger charge is 2.29. The lowest BCUT2D eigenvalue weighted by Crippen LogP contribution is -2.17. The Bertz CT molecular complexity index is 1220. The SMILES string of the molecule is COC(=O)CCCCc1c(NC(=O)C[SH]2C=CC=C2)ccc2c1/C(=C/c1[nH]ccc1OC)C(=O)N2. The van der Waals surface area contributed by atoms with Gasteiger partial charge in [-0.15, -0.1) is 0 Å². The van der Waals surface area contributed by atoms with Crippen molar-refractivity contribution in [3.8, 4) is 5.75 Å².